The maximum Gasteiger partial charge on any atom is 0.471 e. The number of aliphatic hydroxyl groups is 3. The van der Waals surface area contributed by atoms with Crippen molar-refractivity contribution in [3.8, 4) is 0 Å². The van der Waals surface area contributed by atoms with Gasteiger partial charge in [-0.05, 0) is 112 Å². The maximum absolute atomic E-state index is 15.0. The second-order valence-electron chi connectivity index (χ2n) is 23.7. The number of hydrogen-bond donors (Lipinski definition) is 8. The van der Waals surface area contributed by atoms with Crippen LogP contribution in [-0.2, 0) is 67.3 Å². The van der Waals surface area contributed by atoms with Crippen molar-refractivity contribution in [2.45, 2.75) is 145 Å². The number of carbonyl (C=O) groups excluding carboxylic acids is 7. The number of alkyl carbamates (subject to hydrolysis) is 3. The minimum atomic E-state index is -5.40. The zero-order chi connectivity index (χ0) is 71.1. The molecule has 2 heterocycles. The Hall–Kier alpha value is -10.3. The van der Waals surface area contributed by atoms with Gasteiger partial charge in [0.05, 0.1) is 57.7 Å². The first-order chi connectivity index (χ1) is 45.7. The van der Waals surface area contributed by atoms with Crippen LogP contribution in [0.3, 0.4) is 0 Å². The molecule has 33 nitrogen and oxygen atoms in total. The van der Waals surface area contributed by atoms with Gasteiger partial charge in [-0.3, -0.25) is 39.9 Å². The third kappa shape index (κ3) is 20.8. The summed E-state index contributed by atoms with van der Waals surface area (Å²) in [5.74, 6) is -6.88. The van der Waals surface area contributed by atoms with E-state index in [1.165, 1.54) is 92.8 Å². The molecule has 0 aromatic heterocycles. The van der Waals surface area contributed by atoms with Gasteiger partial charge in [0.2, 0.25) is 0 Å². The Morgan fingerprint density at radius 3 is 1.70 bits per heavy atom. The van der Waals surface area contributed by atoms with Crippen LogP contribution in [0, 0.1) is 36.3 Å². The van der Waals surface area contributed by atoms with Crippen LogP contribution in [0.5, 0.6) is 0 Å². The Morgan fingerprint density at radius 1 is 0.701 bits per heavy atom. The third-order valence-electron chi connectivity index (χ3n) is 15.3. The lowest BCUT2D eigenvalue weighted by Crippen LogP contribution is -2.71. The minimum absolute atomic E-state index is 0.0631. The van der Waals surface area contributed by atoms with Crippen LogP contribution < -0.4 is 26.6 Å². The standard InChI is InChI=1S/C61H70F3N9O24/c1-59(2,3)97-58(82)70(5)50-47(75)53(93-32-60(50,4)83)96-49-43(67-51(76)44(95-52(77)36-9-7-6-8-10-36)25-26-65-55(79)90-29-33-11-17-37(18-12-33)71(84)85)27-42(69-57(81)92-31-35-15-21-39(22-16-35)73(88)89)45(46(49)74)48-41(24-23-40(94-48)28-66-54(78)61(62,63)64)68-56(80)91-30-34-13-19-38(20-14-34)72(86)87/h6-23,41-50,53,74-75,83H,24-32H2,1-5H3,(H,65,79)(H,66,78)(H,67,76)(H,68,80)(H,69,81)/t41-,42+,43-,44-,45?,46+,47-,48+,49+,50-,53-,60+/m1/s1. The van der Waals surface area contributed by atoms with Gasteiger partial charge in [0.1, 0.15) is 55.1 Å². The minimum Gasteiger partial charge on any atom is -0.491 e. The lowest BCUT2D eigenvalue weighted by molar-refractivity contribution is -0.385. The summed E-state index contributed by atoms with van der Waals surface area (Å²) in [6, 6.07) is 15.4. The molecule has 6 amide bonds. The summed E-state index contributed by atoms with van der Waals surface area (Å²) < 4.78 is 87.0. The van der Waals surface area contributed by atoms with Gasteiger partial charge in [-0.25, -0.2) is 24.0 Å². The van der Waals surface area contributed by atoms with Crippen molar-refractivity contribution >= 4 is 59.2 Å². The molecule has 2 aliphatic heterocycles. The number of non-ortho nitro benzene ring substituents is 3. The number of likely N-dealkylation sites (N-methyl/N-ethyl adjacent to an activating group) is 1. The van der Waals surface area contributed by atoms with E-state index in [9.17, 15) is 87.6 Å². The highest BCUT2D eigenvalue weighted by Crippen LogP contribution is 2.39. The molecular formula is C61H70F3N9O24. The molecular weight excluding hydrogens is 1300 g/mol. The predicted molar refractivity (Wildman–Crippen MR) is 324 cm³/mol. The highest BCUT2D eigenvalue weighted by molar-refractivity contribution is 5.92. The van der Waals surface area contributed by atoms with Gasteiger partial charge in [-0.2, -0.15) is 13.2 Å². The van der Waals surface area contributed by atoms with E-state index in [2.05, 4.69) is 21.3 Å². The Labute approximate surface area is 549 Å². The Bertz CT molecular complexity index is 3510. The van der Waals surface area contributed by atoms with Gasteiger partial charge in [0, 0.05) is 68.4 Å². The Balaban J connectivity index is 1.29. The van der Waals surface area contributed by atoms with E-state index in [-0.39, 0.29) is 40.4 Å². The van der Waals surface area contributed by atoms with Crippen molar-refractivity contribution < 1.29 is 115 Å². The Kier molecular flexibility index (Phi) is 24.8. The lowest BCUT2D eigenvalue weighted by Gasteiger charge is -2.52. The zero-order valence-electron chi connectivity index (χ0n) is 52.4. The van der Waals surface area contributed by atoms with Crippen LogP contribution in [0.15, 0.2) is 115 Å². The molecule has 3 aliphatic rings. The number of carbonyl (C=O) groups is 7. The number of benzene rings is 4. The third-order valence-corrected chi connectivity index (χ3v) is 15.3. The van der Waals surface area contributed by atoms with E-state index in [0.29, 0.717) is 5.56 Å². The summed E-state index contributed by atoms with van der Waals surface area (Å²) in [5.41, 5.74) is -3.29. The highest BCUT2D eigenvalue weighted by Gasteiger charge is 2.57. The average Bonchev–Trinajstić information content (AvgIpc) is 0.760. The number of hydrogen-bond acceptors (Lipinski definition) is 24. The molecule has 0 radical (unpaired) electrons. The second kappa shape index (κ2) is 32.4. The number of halogens is 3. The topological polar surface area (TPSA) is 447 Å². The quantitative estimate of drug-likeness (QED) is 0.0195. The summed E-state index contributed by atoms with van der Waals surface area (Å²) in [7, 11) is 1.18. The van der Waals surface area contributed by atoms with E-state index >= 15 is 4.79 Å². The smallest absolute Gasteiger partial charge is 0.471 e. The lowest BCUT2D eigenvalue weighted by atomic mass is 9.72. The molecule has 7 rings (SSSR count). The number of alkyl halides is 3. The van der Waals surface area contributed by atoms with Gasteiger partial charge in [0.15, 0.2) is 12.4 Å². The summed E-state index contributed by atoms with van der Waals surface area (Å²) >= 11 is 0. The Morgan fingerprint density at radius 2 is 1.21 bits per heavy atom. The van der Waals surface area contributed by atoms with E-state index in [0.717, 1.165) is 29.2 Å². The zero-order valence-corrected chi connectivity index (χ0v) is 52.4. The molecule has 0 bridgehead atoms. The molecule has 4 aromatic rings. The number of nitro groups is 3. The molecule has 1 aliphatic carbocycles. The summed E-state index contributed by atoms with van der Waals surface area (Å²) in [5, 5.41) is 82.9. The van der Waals surface area contributed by atoms with Crippen molar-refractivity contribution in [2.24, 2.45) is 5.92 Å². The molecule has 2 fully saturated rings. The molecule has 8 N–H and O–H groups in total. The maximum atomic E-state index is 15.0. The van der Waals surface area contributed by atoms with Crippen LogP contribution in [0.25, 0.3) is 0 Å². The summed E-state index contributed by atoms with van der Waals surface area (Å²) in [6.07, 6.45) is -22.6. The number of nitrogens with zero attached hydrogens (tertiary/aromatic N) is 4. The monoisotopic (exact) mass is 1370 g/mol. The molecule has 4 aromatic carbocycles. The average molecular weight is 1370 g/mol. The second-order valence-corrected chi connectivity index (χ2v) is 23.7. The van der Waals surface area contributed by atoms with Crippen molar-refractivity contribution in [1.82, 2.24) is 31.5 Å². The van der Waals surface area contributed by atoms with Gasteiger partial charge < -0.3 is 84.7 Å². The number of nitrogens with one attached hydrogen (secondary N) is 5. The first-order valence-corrected chi connectivity index (χ1v) is 29.7. The fraction of sp³-hybridized carbons (Fsp3) is 0.459. The molecule has 524 valence electrons. The highest BCUT2D eigenvalue weighted by atomic mass is 19.4. The van der Waals surface area contributed by atoms with E-state index in [4.69, 9.17) is 37.9 Å². The number of rotatable bonds is 24. The molecule has 97 heavy (non-hydrogen) atoms. The van der Waals surface area contributed by atoms with Gasteiger partial charge >= 0.3 is 42.4 Å². The van der Waals surface area contributed by atoms with E-state index < -0.39 is 199 Å². The number of esters is 1. The normalized spacial score (nSPS) is 23.4. The van der Waals surface area contributed by atoms with Crippen molar-refractivity contribution in [3.63, 3.8) is 0 Å². The SMILES string of the molecule is CN(C(=O)OC(C)(C)C)[C@@H]1[C@@H](O)[C@@H](O[C@H]2[C@H](NC(=O)[C@@H](CCNC(=O)OCc3ccc([N+](=O)[O-])cc3)OC(=O)c3ccccc3)C[C@H](NC(=O)OCc3ccc([N+](=O)[O-])cc3)C([C@H]3OC(CNC(=O)C(F)(F)F)=CC[C@H]3NC(=O)OCc3ccc([N+](=O)[O-])cc3)[C@@H]2O)OC[C@]1(C)O. The van der Waals surface area contributed by atoms with Gasteiger partial charge in [0.25, 0.3) is 23.0 Å². The molecule has 1 saturated carbocycles. The van der Waals surface area contributed by atoms with Crippen molar-refractivity contribution in [2.75, 3.05) is 26.7 Å². The number of aliphatic hydroxyl groups excluding tert-OH is 2. The first kappa shape index (κ1) is 74.1. The van der Waals surface area contributed by atoms with Gasteiger partial charge in [-0.1, -0.05) is 18.2 Å². The summed E-state index contributed by atoms with van der Waals surface area (Å²) in [4.78, 5) is 128. The van der Waals surface area contributed by atoms with Crippen LogP contribution in [0.1, 0.15) is 74.0 Å². The van der Waals surface area contributed by atoms with E-state index in [1.807, 2.05) is 0 Å². The molecule has 1 unspecified atom stereocenters. The van der Waals surface area contributed by atoms with Crippen molar-refractivity contribution in [3.05, 3.63) is 168 Å². The number of amides is 6. The van der Waals surface area contributed by atoms with E-state index in [1.54, 1.807) is 32.2 Å². The molecule has 12 atom stereocenters. The van der Waals surface area contributed by atoms with Crippen LogP contribution >= 0.6 is 0 Å². The van der Waals surface area contributed by atoms with Gasteiger partial charge in [-0.15, -0.1) is 0 Å². The van der Waals surface area contributed by atoms with Crippen LogP contribution in [-0.4, -0.2) is 182 Å². The van der Waals surface area contributed by atoms with Crippen molar-refractivity contribution in [1.29, 1.82) is 0 Å². The fourth-order valence-electron chi connectivity index (χ4n) is 10.7. The summed E-state index contributed by atoms with van der Waals surface area (Å²) in [6.45, 7) is 2.21. The number of ether oxygens (including phenoxy) is 8. The van der Waals surface area contributed by atoms with Crippen LogP contribution in [0.2, 0.25) is 0 Å². The van der Waals surface area contributed by atoms with Crippen LogP contribution in [0.4, 0.5) is 49.4 Å². The number of nitro benzene ring substituents is 3. The predicted octanol–water partition coefficient (Wildman–Crippen LogP) is 5.15. The largest absolute Gasteiger partial charge is 0.491 e. The molecule has 36 heteroatoms. The fourth-order valence-corrected chi connectivity index (χ4v) is 10.7. The first-order valence-electron chi connectivity index (χ1n) is 29.7. The molecule has 1 saturated heterocycles. The molecule has 0 spiro atoms.